The van der Waals surface area contributed by atoms with E-state index in [1.807, 2.05) is 4.72 Å². The molecule has 0 aliphatic rings. The van der Waals surface area contributed by atoms with Crippen molar-refractivity contribution in [3.05, 3.63) is 29.8 Å². The van der Waals surface area contributed by atoms with E-state index >= 15 is 0 Å². The van der Waals surface area contributed by atoms with Crippen LogP contribution in [0.2, 0.25) is 0 Å². The molecule has 0 aromatic heterocycles. The van der Waals surface area contributed by atoms with Crippen molar-refractivity contribution in [1.29, 1.82) is 0 Å². The van der Waals surface area contributed by atoms with Crippen LogP contribution in [0.4, 0.5) is 13.2 Å². The summed E-state index contributed by atoms with van der Waals surface area (Å²) in [5, 5.41) is 2.57. The summed E-state index contributed by atoms with van der Waals surface area (Å²) in [4.78, 5) is 22.5. The lowest BCUT2D eigenvalue weighted by Gasteiger charge is -2.20. The molecule has 0 unspecified atom stereocenters. The predicted octanol–water partition coefficient (Wildman–Crippen LogP) is 1.83. The number of carbonyl (C=O) groups excluding carboxylic acids is 2. The van der Waals surface area contributed by atoms with Crippen LogP contribution < -0.4 is 10.0 Å². The average molecular weight is 410 g/mol. The molecule has 0 fully saturated rings. The largest absolute Gasteiger partial charge is 0.456 e. The molecule has 1 rings (SSSR count). The van der Waals surface area contributed by atoms with Crippen molar-refractivity contribution in [2.75, 3.05) is 13.2 Å². The Morgan fingerprint density at radius 3 is 2.33 bits per heavy atom. The van der Waals surface area contributed by atoms with E-state index in [9.17, 15) is 31.2 Å². The van der Waals surface area contributed by atoms with Crippen molar-refractivity contribution in [3.63, 3.8) is 0 Å². The summed E-state index contributed by atoms with van der Waals surface area (Å²) in [6.45, 7) is 4.33. The molecule has 0 spiro atoms. The first-order valence-corrected chi connectivity index (χ1v) is 9.32. The summed E-state index contributed by atoms with van der Waals surface area (Å²) in [6.07, 6.45) is -5.07. The number of alkyl halides is 3. The molecule has 0 aliphatic heterocycles. The molecule has 0 saturated heterocycles. The van der Waals surface area contributed by atoms with E-state index in [-0.39, 0.29) is 6.42 Å². The van der Waals surface area contributed by atoms with Gasteiger partial charge in [0, 0.05) is 12.1 Å². The molecule has 2 N–H and O–H groups in total. The van der Waals surface area contributed by atoms with E-state index in [1.54, 1.807) is 20.8 Å². The Balaban J connectivity index is 2.53. The molecule has 11 heteroatoms. The summed E-state index contributed by atoms with van der Waals surface area (Å²) >= 11 is 0. The highest BCUT2D eigenvalue weighted by Crippen LogP contribution is 2.30. The van der Waals surface area contributed by atoms with Gasteiger partial charge in [0.1, 0.15) is 0 Å². The van der Waals surface area contributed by atoms with Crippen molar-refractivity contribution in [2.45, 2.75) is 43.8 Å². The number of sulfonamides is 1. The Kier molecular flexibility index (Phi) is 7.38. The first-order chi connectivity index (χ1) is 12.2. The zero-order valence-corrected chi connectivity index (χ0v) is 15.8. The van der Waals surface area contributed by atoms with Gasteiger partial charge < -0.3 is 10.1 Å². The maximum absolute atomic E-state index is 12.7. The van der Waals surface area contributed by atoms with Crippen molar-refractivity contribution in [2.24, 2.45) is 0 Å². The van der Waals surface area contributed by atoms with E-state index in [4.69, 9.17) is 4.74 Å². The van der Waals surface area contributed by atoms with Crippen LogP contribution in [0.15, 0.2) is 29.2 Å². The monoisotopic (exact) mass is 410 g/mol. The summed E-state index contributed by atoms with van der Waals surface area (Å²) < 4.78 is 68.7. The van der Waals surface area contributed by atoms with Gasteiger partial charge >= 0.3 is 12.1 Å². The first-order valence-electron chi connectivity index (χ1n) is 7.84. The van der Waals surface area contributed by atoms with E-state index in [0.29, 0.717) is 6.07 Å². The van der Waals surface area contributed by atoms with E-state index < -0.39 is 57.2 Å². The van der Waals surface area contributed by atoms with Crippen LogP contribution in [0.25, 0.3) is 0 Å². The van der Waals surface area contributed by atoms with Crippen LogP contribution in [0, 0.1) is 0 Å². The van der Waals surface area contributed by atoms with E-state index in [1.165, 1.54) is 0 Å². The third-order valence-corrected chi connectivity index (χ3v) is 4.43. The van der Waals surface area contributed by atoms with Crippen LogP contribution in [0.5, 0.6) is 0 Å². The van der Waals surface area contributed by atoms with Gasteiger partial charge in [0.15, 0.2) is 6.61 Å². The Morgan fingerprint density at radius 1 is 1.15 bits per heavy atom. The SMILES string of the molecule is CC(C)(C)NC(=O)COC(=O)CCNS(=O)(=O)c1cccc(C(F)(F)F)c1. The highest BCUT2D eigenvalue weighted by molar-refractivity contribution is 7.89. The fourth-order valence-corrected chi connectivity index (χ4v) is 2.96. The molecule has 0 heterocycles. The Hall–Kier alpha value is -2.14. The Labute approximate surface area is 155 Å². The molecule has 1 aromatic rings. The maximum Gasteiger partial charge on any atom is 0.416 e. The van der Waals surface area contributed by atoms with Gasteiger partial charge in [-0.15, -0.1) is 0 Å². The first kappa shape index (κ1) is 22.9. The molecule has 1 amide bonds. The molecule has 27 heavy (non-hydrogen) atoms. The molecular weight excluding hydrogens is 389 g/mol. The van der Waals surface area contributed by atoms with Gasteiger partial charge in [0.2, 0.25) is 10.0 Å². The van der Waals surface area contributed by atoms with Crippen LogP contribution in [0.1, 0.15) is 32.8 Å². The van der Waals surface area contributed by atoms with Crippen LogP contribution in [-0.4, -0.2) is 39.0 Å². The number of esters is 1. The molecule has 1 aromatic carbocycles. The molecule has 0 atom stereocenters. The zero-order chi connectivity index (χ0) is 20.9. The number of carbonyl (C=O) groups is 2. The minimum atomic E-state index is -4.68. The van der Waals surface area contributed by atoms with Crippen LogP contribution >= 0.6 is 0 Å². The smallest absolute Gasteiger partial charge is 0.416 e. The number of hydrogen-bond acceptors (Lipinski definition) is 5. The fourth-order valence-electron chi connectivity index (χ4n) is 1.88. The highest BCUT2D eigenvalue weighted by atomic mass is 32.2. The topological polar surface area (TPSA) is 102 Å². The Bertz CT molecular complexity index is 786. The second kappa shape index (κ2) is 8.70. The minimum absolute atomic E-state index is 0.388. The van der Waals surface area contributed by atoms with Crippen molar-refractivity contribution in [1.82, 2.24) is 10.0 Å². The molecule has 0 radical (unpaired) electrons. The molecule has 0 bridgehead atoms. The maximum atomic E-state index is 12.7. The Morgan fingerprint density at radius 2 is 1.78 bits per heavy atom. The molecule has 7 nitrogen and oxygen atoms in total. The molecular formula is C16H21F3N2O5S. The van der Waals surface area contributed by atoms with Gasteiger partial charge in [-0.05, 0) is 39.0 Å². The minimum Gasteiger partial charge on any atom is -0.456 e. The molecule has 0 saturated carbocycles. The highest BCUT2D eigenvalue weighted by Gasteiger charge is 2.31. The summed E-state index contributed by atoms with van der Waals surface area (Å²) in [5.74, 6) is -1.34. The van der Waals surface area contributed by atoms with E-state index in [2.05, 4.69) is 5.32 Å². The number of nitrogens with one attached hydrogen (secondary N) is 2. The van der Waals surface area contributed by atoms with Gasteiger partial charge in [0.25, 0.3) is 5.91 Å². The van der Waals surface area contributed by atoms with Gasteiger partial charge in [0.05, 0.1) is 16.9 Å². The number of ether oxygens (including phenoxy) is 1. The molecule has 152 valence electrons. The van der Waals surface area contributed by atoms with Gasteiger partial charge in [-0.25, -0.2) is 13.1 Å². The number of hydrogen-bond donors (Lipinski definition) is 2. The number of amides is 1. The van der Waals surface area contributed by atoms with Gasteiger partial charge in [-0.1, -0.05) is 6.07 Å². The lowest BCUT2D eigenvalue weighted by molar-refractivity contribution is -0.148. The van der Waals surface area contributed by atoms with Gasteiger partial charge in [-0.2, -0.15) is 13.2 Å². The fraction of sp³-hybridized carbons (Fsp3) is 0.500. The van der Waals surface area contributed by atoms with Crippen molar-refractivity contribution in [3.8, 4) is 0 Å². The third-order valence-electron chi connectivity index (χ3n) is 2.97. The van der Waals surface area contributed by atoms with Crippen molar-refractivity contribution < 1.29 is 35.9 Å². The number of benzene rings is 1. The zero-order valence-electron chi connectivity index (χ0n) is 15.0. The second-order valence-corrected chi connectivity index (χ2v) is 8.40. The van der Waals surface area contributed by atoms with E-state index in [0.717, 1.165) is 18.2 Å². The summed E-state index contributed by atoms with van der Waals surface area (Å²) in [6, 6.07) is 3.22. The number of halogens is 3. The average Bonchev–Trinajstić information content (AvgIpc) is 2.50. The quantitative estimate of drug-likeness (QED) is 0.668. The third kappa shape index (κ3) is 8.39. The van der Waals surface area contributed by atoms with Gasteiger partial charge in [-0.3, -0.25) is 9.59 Å². The summed E-state index contributed by atoms with van der Waals surface area (Å²) in [5.41, 5.74) is -1.60. The summed E-state index contributed by atoms with van der Waals surface area (Å²) in [7, 11) is -4.23. The lowest BCUT2D eigenvalue weighted by atomic mass is 10.1. The standard InChI is InChI=1S/C16H21F3N2O5S/c1-15(2,3)21-13(22)10-26-14(23)7-8-20-27(24,25)12-6-4-5-11(9-12)16(17,18)19/h4-6,9,20H,7-8,10H2,1-3H3,(H,21,22). The van der Waals surface area contributed by atoms with Crippen molar-refractivity contribution >= 4 is 21.9 Å². The van der Waals surface area contributed by atoms with Crippen LogP contribution in [-0.2, 0) is 30.5 Å². The lowest BCUT2D eigenvalue weighted by Crippen LogP contribution is -2.42. The molecule has 0 aliphatic carbocycles. The van der Waals surface area contributed by atoms with Crippen LogP contribution in [0.3, 0.4) is 0 Å². The predicted molar refractivity (Wildman–Crippen MR) is 90.1 cm³/mol. The second-order valence-electron chi connectivity index (χ2n) is 6.63. The number of rotatable bonds is 7. The normalized spacial score (nSPS) is 12.5.